The zero-order valence-corrected chi connectivity index (χ0v) is 9.63. The van der Waals surface area contributed by atoms with E-state index in [1.807, 2.05) is 19.9 Å². The van der Waals surface area contributed by atoms with Gasteiger partial charge in [-0.1, -0.05) is 15.9 Å². The number of hydrogen-bond donors (Lipinski definition) is 0. The minimum atomic E-state index is -0.168. The molecular formula is C11H10BrNO. The van der Waals surface area contributed by atoms with Crippen LogP contribution in [0.15, 0.2) is 39.0 Å². The van der Waals surface area contributed by atoms with Crippen LogP contribution in [-0.4, -0.2) is 11.5 Å². The van der Waals surface area contributed by atoms with Gasteiger partial charge in [0.1, 0.15) is 0 Å². The number of ketones is 1. The first-order valence-corrected chi connectivity index (χ1v) is 5.23. The van der Waals surface area contributed by atoms with E-state index in [1.54, 1.807) is 6.20 Å². The van der Waals surface area contributed by atoms with Crippen molar-refractivity contribution in [3.63, 3.8) is 0 Å². The van der Waals surface area contributed by atoms with Crippen LogP contribution >= 0.6 is 15.9 Å². The molecule has 0 aromatic carbocycles. The van der Waals surface area contributed by atoms with Gasteiger partial charge in [0.25, 0.3) is 0 Å². The maximum Gasteiger partial charge on any atom is 0.170 e. The summed E-state index contributed by atoms with van der Waals surface area (Å²) in [6.07, 6.45) is 5.07. The van der Waals surface area contributed by atoms with Crippen molar-refractivity contribution >= 4 is 27.4 Å². The summed E-state index contributed by atoms with van der Waals surface area (Å²) < 4.78 is 1.03. The van der Waals surface area contributed by atoms with Crippen LogP contribution in [0.3, 0.4) is 0 Å². The second-order valence-corrected chi connectivity index (χ2v) is 4.32. The number of carbonyl (C=O) groups excluding carboxylic acids is 1. The normalized spacial score (nSPS) is 25.9. The van der Waals surface area contributed by atoms with Gasteiger partial charge < -0.3 is 0 Å². The van der Waals surface area contributed by atoms with E-state index in [0.717, 1.165) is 21.3 Å². The summed E-state index contributed by atoms with van der Waals surface area (Å²) >= 11 is 3.49. The Morgan fingerprint density at radius 3 is 2.86 bits per heavy atom. The van der Waals surface area contributed by atoms with Crippen LogP contribution in [0.2, 0.25) is 0 Å². The molecule has 0 aromatic rings. The summed E-state index contributed by atoms with van der Waals surface area (Å²) in [5, 5.41) is 0. The van der Waals surface area contributed by atoms with Gasteiger partial charge >= 0.3 is 0 Å². The predicted molar refractivity (Wildman–Crippen MR) is 60.5 cm³/mol. The number of aliphatic imine (C=N–C) groups is 1. The highest BCUT2D eigenvalue weighted by molar-refractivity contribution is 9.12. The number of hydrogen-bond acceptors (Lipinski definition) is 2. The van der Waals surface area contributed by atoms with E-state index < -0.39 is 0 Å². The van der Waals surface area contributed by atoms with E-state index in [0.29, 0.717) is 0 Å². The lowest BCUT2D eigenvalue weighted by Crippen LogP contribution is -2.27. The van der Waals surface area contributed by atoms with Gasteiger partial charge in [-0.15, -0.1) is 0 Å². The van der Waals surface area contributed by atoms with Gasteiger partial charge in [-0.3, -0.25) is 9.79 Å². The van der Waals surface area contributed by atoms with E-state index in [1.165, 1.54) is 6.08 Å². The molecule has 0 bridgehead atoms. The van der Waals surface area contributed by atoms with Gasteiger partial charge in [-0.2, -0.15) is 0 Å². The van der Waals surface area contributed by atoms with Crippen molar-refractivity contribution < 1.29 is 4.79 Å². The van der Waals surface area contributed by atoms with Crippen LogP contribution in [0.1, 0.15) is 13.8 Å². The van der Waals surface area contributed by atoms with Gasteiger partial charge in [0, 0.05) is 16.8 Å². The first-order chi connectivity index (χ1) is 6.61. The van der Waals surface area contributed by atoms with Gasteiger partial charge in [-0.05, 0) is 31.1 Å². The van der Waals surface area contributed by atoms with Crippen molar-refractivity contribution in [2.24, 2.45) is 10.9 Å². The molecule has 2 nitrogen and oxygen atoms in total. The first kappa shape index (κ1) is 9.59. The SMILES string of the molecule is CC1=CC2=NC=CC(=O)C2C(C)=C1Br. The highest BCUT2D eigenvalue weighted by atomic mass is 79.9. The van der Waals surface area contributed by atoms with Crippen LogP contribution in [0.4, 0.5) is 0 Å². The highest BCUT2D eigenvalue weighted by Gasteiger charge is 2.29. The molecule has 0 N–H and O–H groups in total. The van der Waals surface area contributed by atoms with Gasteiger partial charge in [0.2, 0.25) is 0 Å². The van der Waals surface area contributed by atoms with Crippen LogP contribution in [0, 0.1) is 5.92 Å². The standard InChI is InChI=1S/C11H10BrNO/c1-6-5-8-10(7(2)11(6)12)9(14)3-4-13-8/h3-5,10H,1-2H3. The molecule has 1 atom stereocenters. The van der Waals surface area contributed by atoms with Crippen molar-refractivity contribution in [1.82, 2.24) is 0 Å². The molecule has 2 rings (SSSR count). The molecule has 1 aliphatic carbocycles. The maximum absolute atomic E-state index is 11.6. The molecular weight excluding hydrogens is 242 g/mol. The second-order valence-electron chi connectivity index (χ2n) is 3.53. The lowest BCUT2D eigenvalue weighted by molar-refractivity contribution is -0.115. The van der Waals surface area contributed by atoms with Crippen LogP contribution in [0.5, 0.6) is 0 Å². The molecule has 0 amide bonds. The largest absolute Gasteiger partial charge is 0.294 e. The monoisotopic (exact) mass is 251 g/mol. The van der Waals surface area contributed by atoms with Crippen molar-refractivity contribution in [2.45, 2.75) is 13.8 Å². The molecule has 3 heteroatoms. The Balaban J connectivity index is 2.56. The van der Waals surface area contributed by atoms with Crippen molar-refractivity contribution in [3.8, 4) is 0 Å². The van der Waals surface area contributed by atoms with E-state index >= 15 is 0 Å². The number of allylic oxidation sites excluding steroid dienone is 5. The topological polar surface area (TPSA) is 29.4 Å². The Morgan fingerprint density at radius 1 is 1.43 bits per heavy atom. The molecule has 1 aliphatic heterocycles. The summed E-state index contributed by atoms with van der Waals surface area (Å²) in [7, 11) is 0. The highest BCUT2D eigenvalue weighted by Crippen LogP contribution is 2.33. The van der Waals surface area contributed by atoms with Gasteiger partial charge in [-0.25, -0.2) is 0 Å². The summed E-state index contributed by atoms with van der Waals surface area (Å²) in [4.78, 5) is 15.9. The first-order valence-electron chi connectivity index (χ1n) is 4.44. The van der Waals surface area contributed by atoms with Gasteiger partial charge in [0.15, 0.2) is 5.78 Å². The minimum absolute atomic E-state index is 0.119. The fourth-order valence-corrected chi connectivity index (χ4v) is 2.14. The maximum atomic E-state index is 11.6. The molecule has 0 aromatic heterocycles. The smallest absolute Gasteiger partial charge is 0.170 e. The van der Waals surface area contributed by atoms with Crippen molar-refractivity contribution in [2.75, 3.05) is 0 Å². The van der Waals surface area contributed by atoms with Crippen LogP contribution < -0.4 is 0 Å². The summed E-state index contributed by atoms with van der Waals surface area (Å²) in [6, 6.07) is 0. The molecule has 1 unspecified atom stereocenters. The minimum Gasteiger partial charge on any atom is -0.294 e. The Bertz CT molecular complexity index is 425. The zero-order valence-electron chi connectivity index (χ0n) is 8.04. The quantitative estimate of drug-likeness (QED) is 0.651. The Hall–Kier alpha value is -0.960. The fraction of sp³-hybridized carbons (Fsp3) is 0.273. The lowest BCUT2D eigenvalue weighted by atomic mass is 9.84. The van der Waals surface area contributed by atoms with Crippen LogP contribution in [-0.2, 0) is 4.79 Å². The third kappa shape index (κ3) is 1.32. The molecule has 0 radical (unpaired) electrons. The number of halogens is 1. The third-order valence-electron chi connectivity index (χ3n) is 2.53. The summed E-state index contributed by atoms with van der Waals surface area (Å²) in [5.74, 6) is -0.0497. The fourth-order valence-electron chi connectivity index (χ4n) is 1.79. The Labute approximate surface area is 91.2 Å². The molecule has 14 heavy (non-hydrogen) atoms. The zero-order chi connectivity index (χ0) is 10.3. The molecule has 0 saturated carbocycles. The van der Waals surface area contributed by atoms with Crippen LogP contribution in [0.25, 0.3) is 0 Å². The van der Waals surface area contributed by atoms with Crippen molar-refractivity contribution in [3.05, 3.63) is 34.0 Å². The molecule has 0 spiro atoms. The molecule has 0 fully saturated rings. The average molecular weight is 252 g/mol. The molecule has 1 heterocycles. The Kier molecular flexibility index (Phi) is 2.27. The Morgan fingerprint density at radius 2 is 2.14 bits per heavy atom. The van der Waals surface area contributed by atoms with E-state index in [2.05, 4.69) is 20.9 Å². The number of carbonyl (C=O) groups is 1. The lowest BCUT2D eigenvalue weighted by Gasteiger charge is -2.24. The van der Waals surface area contributed by atoms with E-state index in [-0.39, 0.29) is 11.7 Å². The van der Waals surface area contributed by atoms with E-state index in [4.69, 9.17) is 0 Å². The van der Waals surface area contributed by atoms with Gasteiger partial charge in [0.05, 0.1) is 11.6 Å². The average Bonchev–Trinajstić information content (AvgIpc) is 2.14. The van der Waals surface area contributed by atoms with Crippen molar-refractivity contribution in [1.29, 1.82) is 0 Å². The number of rotatable bonds is 0. The number of nitrogens with zero attached hydrogens (tertiary/aromatic N) is 1. The summed E-state index contributed by atoms with van der Waals surface area (Å²) in [5.41, 5.74) is 3.04. The summed E-state index contributed by atoms with van der Waals surface area (Å²) in [6.45, 7) is 3.98. The number of fused-ring (bicyclic) bond motifs is 1. The molecule has 72 valence electrons. The third-order valence-corrected chi connectivity index (χ3v) is 3.78. The predicted octanol–water partition coefficient (Wildman–Crippen LogP) is 2.77. The molecule has 2 aliphatic rings. The second kappa shape index (κ2) is 3.31. The molecule has 0 saturated heterocycles. The van der Waals surface area contributed by atoms with E-state index in [9.17, 15) is 4.79 Å².